The van der Waals surface area contributed by atoms with E-state index < -0.39 is 11.7 Å². The molecule has 1 N–H and O–H groups in total. The number of hydrogen-bond donors (Lipinski definition) is 1. The Balaban J connectivity index is 1.35. The van der Waals surface area contributed by atoms with Gasteiger partial charge in [-0.2, -0.15) is 10.2 Å². The van der Waals surface area contributed by atoms with E-state index in [2.05, 4.69) is 31.4 Å². The van der Waals surface area contributed by atoms with Crippen LogP contribution < -0.4 is 10.1 Å². The minimum atomic E-state index is -0.421. The fourth-order valence-electron chi connectivity index (χ4n) is 2.80. The van der Waals surface area contributed by atoms with E-state index in [1.807, 2.05) is 6.07 Å². The molecule has 2 aromatic heterocycles. The van der Waals surface area contributed by atoms with Gasteiger partial charge in [0.25, 0.3) is 5.91 Å². The van der Waals surface area contributed by atoms with Gasteiger partial charge in [-0.3, -0.25) is 9.48 Å². The van der Waals surface area contributed by atoms with E-state index >= 15 is 0 Å². The van der Waals surface area contributed by atoms with Crippen LogP contribution in [0.25, 0.3) is 0 Å². The van der Waals surface area contributed by atoms with E-state index in [0.717, 1.165) is 4.47 Å². The maximum absolute atomic E-state index is 13.2. The van der Waals surface area contributed by atoms with Gasteiger partial charge >= 0.3 is 0 Å². The summed E-state index contributed by atoms with van der Waals surface area (Å²) in [5.74, 6) is 0.0243. The first-order valence-electron chi connectivity index (χ1n) is 9.27. The maximum Gasteiger partial charge on any atom is 0.277 e. The zero-order valence-corrected chi connectivity index (χ0v) is 19.4. The van der Waals surface area contributed by atoms with E-state index in [4.69, 9.17) is 27.9 Å². The molecule has 164 valence electrons. The Morgan fingerprint density at radius 1 is 1.03 bits per heavy atom. The number of hydrogen-bond acceptors (Lipinski definition) is 4. The van der Waals surface area contributed by atoms with Crippen LogP contribution in [-0.2, 0) is 13.3 Å². The lowest BCUT2D eigenvalue weighted by Crippen LogP contribution is -2.15. The van der Waals surface area contributed by atoms with E-state index in [1.54, 1.807) is 47.4 Å². The number of ether oxygens (including phenoxy) is 1. The van der Waals surface area contributed by atoms with Crippen LogP contribution in [0.15, 0.2) is 65.4 Å². The molecule has 0 saturated carbocycles. The number of carbonyl (C=O) groups is 1. The van der Waals surface area contributed by atoms with Gasteiger partial charge in [0.2, 0.25) is 0 Å². The molecule has 0 bridgehead atoms. The molecule has 0 radical (unpaired) electrons. The largest absolute Gasteiger partial charge is 0.470 e. The average Bonchev–Trinajstić information content (AvgIpc) is 3.39. The van der Waals surface area contributed by atoms with E-state index in [0.29, 0.717) is 33.7 Å². The summed E-state index contributed by atoms with van der Waals surface area (Å²) >= 11 is 15.5. The van der Waals surface area contributed by atoms with Crippen molar-refractivity contribution in [2.45, 2.75) is 13.3 Å². The second-order valence-corrected chi connectivity index (χ2v) is 8.41. The number of halogens is 4. The Morgan fingerprint density at radius 2 is 1.84 bits per heavy atom. The Kier molecular flexibility index (Phi) is 6.78. The minimum absolute atomic E-state index is 0.0850. The van der Waals surface area contributed by atoms with E-state index in [1.165, 1.54) is 16.8 Å². The zero-order chi connectivity index (χ0) is 22.7. The van der Waals surface area contributed by atoms with Crippen molar-refractivity contribution in [2.75, 3.05) is 5.32 Å². The second-order valence-electron chi connectivity index (χ2n) is 6.68. The molecule has 11 heteroatoms. The van der Waals surface area contributed by atoms with Crippen molar-refractivity contribution in [1.82, 2.24) is 19.6 Å². The Hall–Kier alpha value is -2.88. The van der Waals surface area contributed by atoms with Gasteiger partial charge in [0.15, 0.2) is 18.2 Å². The van der Waals surface area contributed by atoms with Crippen LogP contribution in [0.2, 0.25) is 10.0 Å². The molecule has 4 rings (SSSR count). The molecule has 0 spiro atoms. The first-order valence-corrected chi connectivity index (χ1v) is 10.8. The van der Waals surface area contributed by atoms with Crippen LogP contribution in [-0.4, -0.2) is 25.5 Å². The van der Waals surface area contributed by atoms with Gasteiger partial charge in [-0.1, -0.05) is 45.2 Å². The number of nitrogens with zero attached hydrogens (tertiary/aromatic N) is 4. The monoisotopic (exact) mass is 537 g/mol. The Morgan fingerprint density at radius 3 is 2.62 bits per heavy atom. The smallest absolute Gasteiger partial charge is 0.277 e. The lowest BCUT2D eigenvalue weighted by atomic mass is 10.2. The van der Waals surface area contributed by atoms with E-state index in [-0.39, 0.29) is 12.4 Å². The third kappa shape index (κ3) is 5.48. The van der Waals surface area contributed by atoms with Crippen LogP contribution in [0.4, 0.5) is 10.2 Å². The van der Waals surface area contributed by atoms with Gasteiger partial charge in [0, 0.05) is 28.0 Å². The summed E-state index contributed by atoms with van der Waals surface area (Å²) in [6, 6.07) is 12.6. The topological polar surface area (TPSA) is 74.0 Å². The molecule has 0 aliphatic carbocycles. The number of carbonyl (C=O) groups excluding carboxylic acids is 1. The Labute approximate surface area is 200 Å². The summed E-state index contributed by atoms with van der Waals surface area (Å²) in [7, 11) is 0. The highest BCUT2D eigenvalue weighted by molar-refractivity contribution is 9.10. The molecular formula is C21H15BrCl2FN5O2. The number of rotatable bonds is 7. The Bertz CT molecular complexity index is 1280. The number of aromatic nitrogens is 4. The van der Waals surface area contributed by atoms with Crippen molar-refractivity contribution in [3.05, 3.63) is 92.5 Å². The molecule has 4 aromatic rings. The second kappa shape index (κ2) is 9.72. The predicted octanol–water partition coefficient (Wildman–Crippen LogP) is 5.63. The highest BCUT2D eigenvalue weighted by atomic mass is 79.9. The van der Waals surface area contributed by atoms with Crippen molar-refractivity contribution < 1.29 is 13.9 Å². The van der Waals surface area contributed by atoms with Gasteiger partial charge < -0.3 is 10.1 Å². The molecule has 0 unspecified atom stereocenters. The lowest BCUT2D eigenvalue weighted by Gasteiger charge is -2.08. The van der Waals surface area contributed by atoms with Gasteiger partial charge in [0.05, 0.1) is 11.6 Å². The van der Waals surface area contributed by atoms with E-state index in [9.17, 15) is 9.18 Å². The third-order valence-electron chi connectivity index (χ3n) is 4.35. The zero-order valence-electron chi connectivity index (χ0n) is 16.3. The quantitative estimate of drug-likeness (QED) is 0.331. The molecule has 0 atom stereocenters. The normalized spacial score (nSPS) is 10.9. The van der Waals surface area contributed by atoms with Crippen LogP contribution in [0.3, 0.4) is 0 Å². The molecule has 7 nitrogen and oxygen atoms in total. The molecule has 2 heterocycles. The minimum Gasteiger partial charge on any atom is -0.470 e. The molecule has 0 aliphatic heterocycles. The summed E-state index contributed by atoms with van der Waals surface area (Å²) in [5, 5.41) is 11.9. The fourth-order valence-corrected chi connectivity index (χ4v) is 3.76. The molecule has 1 amide bonds. The van der Waals surface area contributed by atoms with Crippen molar-refractivity contribution in [2.24, 2.45) is 0 Å². The number of amides is 1. The van der Waals surface area contributed by atoms with Crippen molar-refractivity contribution in [1.29, 1.82) is 0 Å². The molecule has 0 aliphatic rings. The summed E-state index contributed by atoms with van der Waals surface area (Å²) < 4.78 is 22.7. The summed E-state index contributed by atoms with van der Waals surface area (Å²) in [6.07, 6.45) is 3.31. The van der Waals surface area contributed by atoms with Crippen molar-refractivity contribution in [3.8, 4) is 5.75 Å². The van der Waals surface area contributed by atoms with Crippen LogP contribution in [0, 0.1) is 5.82 Å². The molecule has 32 heavy (non-hydrogen) atoms. The average molecular weight is 539 g/mol. The molecular weight excluding hydrogens is 524 g/mol. The van der Waals surface area contributed by atoms with Gasteiger partial charge in [-0.25, -0.2) is 9.07 Å². The maximum atomic E-state index is 13.2. The first kappa shape index (κ1) is 22.3. The van der Waals surface area contributed by atoms with Gasteiger partial charge in [-0.15, -0.1) is 0 Å². The van der Waals surface area contributed by atoms with Crippen molar-refractivity contribution >= 4 is 50.9 Å². The van der Waals surface area contributed by atoms with Crippen molar-refractivity contribution in [3.63, 3.8) is 0 Å². The predicted molar refractivity (Wildman–Crippen MR) is 123 cm³/mol. The summed E-state index contributed by atoms with van der Waals surface area (Å²) in [5.41, 5.74) is 0.908. The van der Waals surface area contributed by atoms with Gasteiger partial charge in [0.1, 0.15) is 11.6 Å². The standard InChI is InChI=1S/C21H15BrCl2FN5O2/c22-14-2-4-19(17(24)9-14)32-12-30-7-5-18(27-30)21(31)26-20-6-8-29(28-20)11-13-1-3-15(25)10-16(13)23/h1-10H,11-12H2,(H,26,28,31). The van der Waals surface area contributed by atoms with Gasteiger partial charge in [-0.05, 0) is 42.0 Å². The number of nitrogens with one attached hydrogen (secondary N) is 1. The molecule has 0 fully saturated rings. The highest BCUT2D eigenvalue weighted by Crippen LogP contribution is 2.28. The van der Waals surface area contributed by atoms with Crippen LogP contribution in [0.1, 0.15) is 16.1 Å². The third-order valence-corrected chi connectivity index (χ3v) is 5.49. The molecule has 0 saturated heterocycles. The fraction of sp³-hybridized carbons (Fsp3) is 0.0952. The summed E-state index contributed by atoms with van der Waals surface area (Å²) in [4.78, 5) is 12.5. The first-order chi connectivity index (χ1) is 15.4. The SMILES string of the molecule is O=C(Nc1ccn(Cc2ccc(F)cc2Cl)n1)c1ccn(COc2ccc(Br)cc2Cl)n1. The number of benzene rings is 2. The molecule has 2 aromatic carbocycles. The number of anilines is 1. The summed E-state index contributed by atoms with van der Waals surface area (Å²) in [6.45, 7) is 0.418. The van der Waals surface area contributed by atoms with Crippen LogP contribution in [0.5, 0.6) is 5.75 Å². The highest BCUT2D eigenvalue weighted by Gasteiger charge is 2.13. The van der Waals surface area contributed by atoms with Crippen LogP contribution >= 0.6 is 39.1 Å². The lowest BCUT2D eigenvalue weighted by molar-refractivity contribution is 0.101.